The third-order valence-electron chi connectivity index (χ3n) is 1.89. The van der Waals surface area contributed by atoms with Gasteiger partial charge in [0, 0.05) is 12.2 Å². The molecule has 1 aromatic heterocycles. The summed E-state index contributed by atoms with van der Waals surface area (Å²) in [6, 6.07) is 4.01. The molecule has 0 fully saturated rings. The van der Waals surface area contributed by atoms with E-state index in [4.69, 9.17) is 11.6 Å². The maximum atomic E-state index is 5.97. The fraction of sp³-hybridized carbons (Fsp3) is 0.333. The number of halogens is 1. The second-order valence-corrected chi connectivity index (χ2v) is 3.48. The molecule has 1 aromatic rings. The maximum absolute atomic E-state index is 5.97. The van der Waals surface area contributed by atoms with Gasteiger partial charge in [0.25, 0.3) is 0 Å². The molecule has 3 nitrogen and oxygen atoms in total. The van der Waals surface area contributed by atoms with Crippen molar-refractivity contribution in [3.63, 3.8) is 0 Å². The van der Waals surface area contributed by atoms with Crippen molar-refractivity contribution in [3.05, 3.63) is 29.0 Å². The number of aliphatic imine (C=N–C) groups is 1. The smallest absolute Gasteiger partial charge is 0.149 e. The van der Waals surface area contributed by atoms with Crippen molar-refractivity contribution in [1.29, 1.82) is 0 Å². The molecule has 13 heavy (non-hydrogen) atoms. The maximum Gasteiger partial charge on any atom is 0.149 e. The summed E-state index contributed by atoms with van der Waals surface area (Å²) < 4.78 is 0. The second kappa shape index (κ2) is 3.34. The lowest BCUT2D eigenvalue weighted by atomic mass is 10.3. The van der Waals surface area contributed by atoms with Crippen molar-refractivity contribution in [2.24, 2.45) is 4.99 Å². The number of hydrogen-bond donors (Lipinski definition) is 1. The summed E-state index contributed by atoms with van der Waals surface area (Å²) in [5, 5.41) is 3.86. The van der Waals surface area contributed by atoms with Crippen LogP contribution in [0.25, 0.3) is 0 Å². The highest BCUT2D eigenvalue weighted by Gasteiger charge is 2.16. The van der Waals surface area contributed by atoms with Gasteiger partial charge in [0.1, 0.15) is 11.5 Å². The number of pyridine rings is 1. The zero-order chi connectivity index (χ0) is 9.26. The minimum atomic E-state index is 0.382. The minimum absolute atomic E-state index is 0.382. The lowest BCUT2D eigenvalue weighted by molar-refractivity contribution is 0.725. The van der Waals surface area contributed by atoms with Gasteiger partial charge in [-0.2, -0.15) is 0 Å². The number of amidine groups is 1. The molecule has 0 saturated carbocycles. The van der Waals surface area contributed by atoms with Gasteiger partial charge in [0.05, 0.1) is 11.6 Å². The molecule has 1 atom stereocenters. The van der Waals surface area contributed by atoms with E-state index >= 15 is 0 Å². The van der Waals surface area contributed by atoms with Gasteiger partial charge in [0.15, 0.2) is 0 Å². The number of hydrogen-bond acceptors (Lipinski definition) is 3. The Morgan fingerprint density at radius 1 is 1.62 bits per heavy atom. The Morgan fingerprint density at radius 3 is 3.08 bits per heavy atom. The summed E-state index contributed by atoms with van der Waals surface area (Å²) >= 11 is 5.97. The van der Waals surface area contributed by atoms with Gasteiger partial charge in [-0.25, -0.2) is 0 Å². The van der Waals surface area contributed by atoms with E-state index in [0.717, 1.165) is 18.1 Å². The minimum Gasteiger partial charge on any atom is -0.364 e. The van der Waals surface area contributed by atoms with Gasteiger partial charge in [-0.05, 0) is 19.1 Å². The summed E-state index contributed by atoms with van der Waals surface area (Å²) in [5.74, 6) is 0.804. The molecule has 0 spiro atoms. The zero-order valence-corrected chi connectivity index (χ0v) is 8.04. The van der Waals surface area contributed by atoms with E-state index in [0.29, 0.717) is 11.1 Å². The number of nitrogens with one attached hydrogen (secondary N) is 1. The Balaban J connectivity index is 2.31. The monoisotopic (exact) mass is 195 g/mol. The van der Waals surface area contributed by atoms with Crippen LogP contribution >= 0.6 is 11.6 Å². The van der Waals surface area contributed by atoms with Crippen LogP contribution < -0.4 is 5.32 Å². The highest BCUT2D eigenvalue weighted by atomic mass is 35.5. The van der Waals surface area contributed by atoms with Gasteiger partial charge in [-0.1, -0.05) is 11.6 Å². The molecular weight excluding hydrogens is 186 g/mol. The van der Waals surface area contributed by atoms with Crippen molar-refractivity contribution in [3.8, 4) is 0 Å². The summed E-state index contributed by atoms with van der Waals surface area (Å²) in [5.41, 5.74) is 0.744. The molecule has 0 saturated heterocycles. The SMILES string of the molecule is CC1CN=C(c2ncccc2Cl)N1. The fourth-order valence-electron chi connectivity index (χ4n) is 1.26. The molecule has 2 heterocycles. The van der Waals surface area contributed by atoms with Gasteiger partial charge < -0.3 is 5.32 Å². The zero-order valence-electron chi connectivity index (χ0n) is 7.29. The average Bonchev–Trinajstić information content (AvgIpc) is 2.53. The molecule has 68 valence electrons. The molecule has 0 bridgehead atoms. The summed E-state index contributed by atoms with van der Waals surface area (Å²) in [4.78, 5) is 8.48. The fourth-order valence-corrected chi connectivity index (χ4v) is 1.47. The van der Waals surface area contributed by atoms with Gasteiger partial charge in [0.2, 0.25) is 0 Å². The lowest BCUT2D eigenvalue weighted by Crippen LogP contribution is -2.28. The first-order valence-corrected chi connectivity index (χ1v) is 4.57. The van der Waals surface area contributed by atoms with Crippen molar-refractivity contribution in [2.45, 2.75) is 13.0 Å². The van der Waals surface area contributed by atoms with E-state index in [9.17, 15) is 0 Å². The van der Waals surface area contributed by atoms with Crippen LogP contribution in [0.1, 0.15) is 12.6 Å². The molecule has 0 aliphatic carbocycles. The molecule has 1 N–H and O–H groups in total. The standard InChI is InChI=1S/C9H10ClN3/c1-6-5-12-9(13-6)8-7(10)3-2-4-11-8/h2-4,6H,5H2,1H3,(H,12,13). The molecule has 4 heteroatoms. The Bertz CT molecular complexity index is 348. The van der Waals surface area contributed by atoms with E-state index in [-0.39, 0.29) is 0 Å². The van der Waals surface area contributed by atoms with E-state index in [1.165, 1.54) is 0 Å². The van der Waals surface area contributed by atoms with Crippen LogP contribution in [0.5, 0.6) is 0 Å². The van der Waals surface area contributed by atoms with E-state index in [2.05, 4.69) is 22.2 Å². The van der Waals surface area contributed by atoms with Gasteiger partial charge in [-0.3, -0.25) is 9.98 Å². The van der Waals surface area contributed by atoms with E-state index < -0.39 is 0 Å². The van der Waals surface area contributed by atoms with Crippen molar-refractivity contribution >= 4 is 17.4 Å². The normalized spacial score (nSPS) is 21.1. The van der Waals surface area contributed by atoms with Crippen LogP contribution in [0.3, 0.4) is 0 Å². The first kappa shape index (κ1) is 8.51. The number of aromatic nitrogens is 1. The molecule has 2 rings (SSSR count). The average molecular weight is 196 g/mol. The van der Waals surface area contributed by atoms with Crippen molar-refractivity contribution in [2.75, 3.05) is 6.54 Å². The van der Waals surface area contributed by atoms with Crippen LogP contribution in [-0.2, 0) is 0 Å². The second-order valence-electron chi connectivity index (χ2n) is 3.07. The molecule has 0 amide bonds. The molecule has 1 aliphatic rings. The third-order valence-corrected chi connectivity index (χ3v) is 2.19. The van der Waals surface area contributed by atoms with E-state index in [1.54, 1.807) is 6.20 Å². The van der Waals surface area contributed by atoms with Gasteiger partial charge >= 0.3 is 0 Å². The first-order valence-electron chi connectivity index (χ1n) is 4.19. The van der Waals surface area contributed by atoms with Crippen LogP contribution in [-0.4, -0.2) is 23.4 Å². The molecular formula is C9H10ClN3. The highest BCUT2D eigenvalue weighted by molar-refractivity contribution is 6.33. The number of rotatable bonds is 1. The summed E-state index contributed by atoms with van der Waals surface area (Å²) in [7, 11) is 0. The Hall–Kier alpha value is -1.09. The molecule has 0 radical (unpaired) electrons. The lowest BCUT2D eigenvalue weighted by Gasteiger charge is -2.05. The quantitative estimate of drug-likeness (QED) is 0.737. The predicted octanol–water partition coefficient (Wildman–Crippen LogP) is 1.47. The first-order chi connectivity index (χ1) is 6.27. The topological polar surface area (TPSA) is 37.3 Å². The van der Waals surface area contributed by atoms with Crippen LogP contribution in [0.4, 0.5) is 0 Å². The van der Waals surface area contributed by atoms with Crippen molar-refractivity contribution < 1.29 is 0 Å². The molecule has 0 aromatic carbocycles. The Kier molecular flexibility index (Phi) is 2.19. The molecule has 1 aliphatic heterocycles. The van der Waals surface area contributed by atoms with Crippen LogP contribution in [0.2, 0.25) is 5.02 Å². The van der Waals surface area contributed by atoms with Crippen molar-refractivity contribution in [1.82, 2.24) is 10.3 Å². The van der Waals surface area contributed by atoms with E-state index in [1.807, 2.05) is 12.1 Å². The largest absolute Gasteiger partial charge is 0.364 e. The highest BCUT2D eigenvalue weighted by Crippen LogP contribution is 2.14. The predicted molar refractivity (Wildman–Crippen MR) is 53.2 cm³/mol. The van der Waals surface area contributed by atoms with Crippen LogP contribution in [0, 0.1) is 0 Å². The van der Waals surface area contributed by atoms with Gasteiger partial charge in [-0.15, -0.1) is 0 Å². The Morgan fingerprint density at radius 2 is 2.46 bits per heavy atom. The van der Waals surface area contributed by atoms with Crippen LogP contribution in [0.15, 0.2) is 23.3 Å². The summed E-state index contributed by atoms with van der Waals surface area (Å²) in [6.07, 6.45) is 1.72. The number of nitrogens with zero attached hydrogens (tertiary/aromatic N) is 2. The molecule has 1 unspecified atom stereocenters. The Labute approximate surface area is 81.9 Å². The third kappa shape index (κ3) is 1.65. The summed E-state index contributed by atoms with van der Waals surface area (Å²) in [6.45, 7) is 2.87.